The number of carbonyl (C=O) groups is 1. The summed E-state index contributed by atoms with van der Waals surface area (Å²) in [5, 5.41) is 0.713. The van der Waals surface area contributed by atoms with Gasteiger partial charge in [0, 0.05) is 0 Å². The van der Waals surface area contributed by atoms with Gasteiger partial charge in [-0.25, -0.2) is 15.6 Å². The first kappa shape index (κ1) is 18.3. The summed E-state index contributed by atoms with van der Waals surface area (Å²) in [6.07, 6.45) is -4.47. The van der Waals surface area contributed by atoms with Crippen LogP contribution in [0.5, 0.6) is 0 Å². The number of nitrogens with zero attached hydrogens (tertiary/aromatic N) is 1. The lowest BCUT2D eigenvalue weighted by Crippen LogP contribution is -2.41. The highest BCUT2D eigenvalue weighted by atomic mass is 19.4. The van der Waals surface area contributed by atoms with Gasteiger partial charge in [-0.1, -0.05) is 13.3 Å². The minimum atomic E-state index is -4.44. The van der Waals surface area contributed by atoms with Crippen LogP contribution >= 0.6 is 0 Å². The van der Waals surface area contributed by atoms with Crippen molar-refractivity contribution in [3.05, 3.63) is 29.3 Å². The molecule has 1 aromatic carbocycles. The van der Waals surface area contributed by atoms with Crippen LogP contribution in [0.1, 0.15) is 45.2 Å². The molecule has 0 heterocycles. The Kier molecular flexibility index (Phi) is 5.45. The molecule has 0 aliphatic heterocycles. The van der Waals surface area contributed by atoms with Crippen LogP contribution in [0.15, 0.2) is 18.2 Å². The number of carbonyl (C=O) groups excluding carboxylic acids is 1. The number of aryl methyl sites for hydroxylation is 1. The Bertz CT molecular complexity index is 537. The molecular weight excluding hydrogens is 297 g/mol. The molecule has 0 aliphatic rings. The molecule has 0 fully saturated rings. The normalized spacial score (nSPS) is 12.2. The van der Waals surface area contributed by atoms with Crippen LogP contribution < -0.4 is 10.9 Å². The van der Waals surface area contributed by atoms with Crippen LogP contribution in [0.25, 0.3) is 0 Å². The van der Waals surface area contributed by atoms with Gasteiger partial charge in [-0.05, 0) is 51.0 Å². The van der Waals surface area contributed by atoms with Crippen molar-refractivity contribution in [2.24, 2.45) is 5.84 Å². The second-order valence-corrected chi connectivity index (χ2v) is 5.94. The van der Waals surface area contributed by atoms with Gasteiger partial charge in [-0.3, -0.25) is 0 Å². The van der Waals surface area contributed by atoms with Crippen molar-refractivity contribution in [3.8, 4) is 0 Å². The minimum Gasteiger partial charge on any atom is -0.442 e. The maximum atomic E-state index is 12.9. The first-order valence-electron chi connectivity index (χ1n) is 6.93. The number of ether oxygens (including phenoxy) is 1. The molecule has 0 radical (unpaired) electrons. The fraction of sp³-hybridized carbons (Fsp3) is 0.533. The van der Waals surface area contributed by atoms with Crippen molar-refractivity contribution in [1.82, 2.24) is 0 Å². The highest BCUT2D eigenvalue weighted by Gasteiger charge is 2.33. The number of nitrogens with two attached hydrogens (primary N) is 1. The van der Waals surface area contributed by atoms with Gasteiger partial charge in [0.15, 0.2) is 0 Å². The van der Waals surface area contributed by atoms with Crippen molar-refractivity contribution in [1.29, 1.82) is 0 Å². The lowest BCUT2D eigenvalue weighted by atomic mass is 10.0. The molecule has 0 spiro atoms. The summed E-state index contributed by atoms with van der Waals surface area (Å²) < 4.78 is 43.9. The van der Waals surface area contributed by atoms with Crippen LogP contribution in [0.3, 0.4) is 0 Å². The van der Waals surface area contributed by atoms with E-state index in [1.807, 2.05) is 0 Å². The van der Waals surface area contributed by atoms with E-state index in [0.29, 0.717) is 11.4 Å². The Hall–Kier alpha value is -1.76. The summed E-state index contributed by atoms with van der Waals surface area (Å²) in [7, 11) is 0. The zero-order valence-electron chi connectivity index (χ0n) is 13.1. The van der Waals surface area contributed by atoms with Gasteiger partial charge in [0.25, 0.3) is 0 Å². The average Bonchev–Trinajstić information content (AvgIpc) is 2.34. The third-order valence-electron chi connectivity index (χ3n) is 2.78. The predicted molar refractivity (Wildman–Crippen MR) is 78.3 cm³/mol. The second kappa shape index (κ2) is 6.56. The fourth-order valence-corrected chi connectivity index (χ4v) is 1.90. The molecule has 0 saturated heterocycles. The van der Waals surface area contributed by atoms with E-state index in [9.17, 15) is 18.0 Å². The maximum absolute atomic E-state index is 12.9. The number of anilines is 1. The van der Waals surface area contributed by atoms with E-state index < -0.39 is 23.4 Å². The molecular formula is C15H21F3N2O2. The molecule has 7 heteroatoms. The van der Waals surface area contributed by atoms with E-state index in [0.717, 1.165) is 12.1 Å². The number of halogens is 3. The van der Waals surface area contributed by atoms with Crippen LogP contribution in [-0.4, -0.2) is 11.7 Å². The molecule has 2 N–H and O–H groups in total. The smallest absolute Gasteiger partial charge is 0.429 e. The summed E-state index contributed by atoms with van der Waals surface area (Å²) in [6, 6.07) is 3.37. The quantitative estimate of drug-likeness (QED) is 0.514. The zero-order valence-corrected chi connectivity index (χ0v) is 13.1. The number of rotatable bonds is 3. The predicted octanol–water partition coefficient (Wildman–Crippen LogP) is 4.27. The molecule has 0 aliphatic carbocycles. The van der Waals surface area contributed by atoms with Gasteiger partial charge < -0.3 is 4.74 Å². The lowest BCUT2D eigenvalue weighted by molar-refractivity contribution is -0.138. The van der Waals surface area contributed by atoms with E-state index in [1.165, 1.54) is 6.07 Å². The SMILES string of the molecule is CCCc1cc(N(N)C(=O)OC(C)(C)C)ccc1C(F)(F)F. The van der Waals surface area contributed by atoms with Crippen molar-refractivity contribution < 1.29 is 22.7 Å². The largest absolute Gasteiger partial charge is 0.442 e. The van der Waals surface area contributed by atoms with E-state index in [-0.39, 0.29) is 17.7 Å². The summed E-state index contributed by atoms with van der Waals surface area (Å²) in [5.74, 6) is 5.65. The molecule has 4 nitrogen and oxygen atoms in total. The highest BCUT2D eigenvalue weighted by Crippen LogP contribution is 2.34. The second-order valence-electron chi connectivity index (χ2n) is 5.94. The third-order valence-corrected chi connectivity index (χ3v) is 2.78. The maximum Gasteiger partial charge on any atom is 0.429 e. The zero-order chi connectivity index (χ0) is 17.1. The van der Waals surface area contributed by atoms with Crippen LogP contribution in [0.4, 0.5) is 23.7 Å². The van der Waals surface area contributed by atoms with Gasteiger partial charge in [0.2, 0.25) is 0 Å². The van der Waals surface area contributed by atoms with Gasteiger partial charge in [-0.15, -0.1) is 0 Å². The van der Waals surface area contributed by atoms with Gasteiger partial charge in [0.05, 0.1) is 11.3 Å². The molecule has 0 saturated carbocycles. The number of hydrazine groups is 1. The van der Waals surface area contributed by atoms with Gasteiger partial charge in [0.1, 0.15) is 5.60 Å². The molecule has 1 amide bonds. The lowest BCUT2D eigenvalue weighted by Gasteiger charge is -2.25. The highest BCUT2D eigenvalue weighted by molar-refractivity contribution is 5.86. The van der Waals surface area contributed by atoms with Crippen LogP contribution in [-0.2, 0) is 17.3 Å². The van der Waals surface area contributed by atoms with Crippen molar-refractivity contribution in [2.75, 3.05) is 5.01 Å². The standard InChI is InChI=1S/C15H21F3N2O2/c1-5-6-10-9-11(7-8-12(10)15(16,17)18)20(19)13(21)22-14(2,3)4/h7-9H,5-6,19H2,1-4H3. The Morgan fingerprint density at radius 1 is 1.27 bits per heavy atom. The third kappa shape index (κ3) is 4.91. The topological polar surface area (TPSA) is 55.6 Å². The van der Waals surface area contributed by atoms with E-state index in [2.05, 4.69) is 0 Å². The fourth-order valence-electron chi connectivity index (χ4n) is 1.90. The van der Waals surface area contributed by atoms with Gasteiger partial charge >= 0.3 is 12.3 Å². The molecule has 1 rings (SSSR count). The van der Waals surface area contributed by atoms with Crippen LogP contribution in [0.2, 0.25) is 0 Å². The molecule has 0 atom stereocenters. The number of hydrogen-bond acceptors (Lipinski definition) is 3. The van der Waals surface area contributed by atoms with Crippen molar-refractivity contribution in [3.63, 3.8) is 0 Å². The van der Waals surface area contributed by atoms with E-state index >= 15 is 0 Å². The number of hydrogen-bond donors (Lipinski definition) is 1. The van der Waals surface area contributed by atoms with Gasteiger partial charge in [-0.2, -0.15) is 13.2 Å². The van der Waals surface area contributed by atoms with Crippen molar-refractivity contribution in [2.45, 2.75) is 52.3 Å². The number of alkyl halides is 3. The molecule has 0 unspecified atom stereocenters. The summed E-state index contributed by atoms with van der Waals surface area (Å²) in [5.41, 5.74) is -1.19. The Morgan fingerprint density at radius 3 is 2.32 bits per heavy atom. The average molecular weight is 318 g/mol. The van der Waals surface area contributed by atoms with Crippen LogP contribution in [0, 0.1) is 0 Å². The molecule has 22 heavy (non-hydrogen) atoms. The summed E-state index contributed by atoms with van der Waals surface area (Å²) >= 11 is 0. The first-order valence-corrected chi connectivity index (χ1v) is 6.93. The molecule has 0 bridgehead atoms. The van der Waals surface area contributed by atoms with E-state index in [4.69, 9.17) is 10.6 Å². The first-order chi connectivity index (χ1) is 9.95. The Balaban J connectivity index is 3.11. The number of benzene rings is 1. The Morgan fingerprint density at radius 2 is 1.86 bits per heavy atom. The monoisotopic (exact) mass is 318 g/mol. The Labute approximate surface area is 128 Å². The van der Waals surface area contributed by atoms with Crippen molar-refractivity contribution >= 4 is 11.8 Å². The molecule has 124 valence electrons. The summed E-state index contributed by atoms with van der Waals surface area (Å²) in [6.45, 7) is 6.80. The minimum absolute atomic E-state index is 0.103. The number of amides is 1. The van der Waals surface area contributed by atoms with E-state index in [1.54, 1.807) is 27.7 Å². The molecule has 1 aromatic rings. The summed E-state index contributed by atoms with van der Waals surface area (Å²) in [4.78, 5) is 11.9. The molecule has 0 aromatic heterocycles.